The van der Waals surface area contributed by atoms with Gasteiger partial charge in [-0.05, 0) is 29.8 Å². The van der Waals surface area contributed by atoms with Crippen molar-refractivity contribution in [2.75, 3.05) is 19.4 Å². The van der Waals surface area contributed by atoms with Crippen LogP contribution in [0.5, 0.6) is 0 Å². The molecule has 8 nitrogen and oxygen atoms in total. The van der Waals surface area contributed by atoms with Crippen molar-refractivity contribution in [1.82, 2.24) is 9.88 Å². The third kappa shape index (κ3) is 6.06. The van der Waals surface area contributed by atoms with Gasteiger partial charge in [-0.25, -0.2) is 9.78 Å². The van der Waals surface area contributed by atoms with Gasteiger partial charge in [0.2, 0.25) is 0 Å². The van der Waals surface area contributed by atoms with Gasteiger partial charge in [0.05, 0.1) is 16.6 Å². The number of amides is 3. The van der Waals surface area contributed by atoms with Gasteiger partial charge in [0.15, 0.2) is 5.01 Å². The van der Waals surface area contributed by atoms with Crippen molar-refractivity contribution in [2.24, 2.45) is 5.73 Å². The van der Waals surface area contributed by atoms with Gasteiger partial charge in [0.1, 0.15) is 0 Å². The number of urea groups is 1. The minimum Gasteiger partial charge on any atom is -0.481 e. The molecule has 1 heterocycles. The number of benzene rings is 2. The van der Waals surface area contributed by atoms with Gasteiger partial charge in [0.25, 0.3) is 5.91 Å². The van der Waals surface area contributed by atoms with Crippen LogP contribution in [0.2, 0.25) is 0 Å². The lowest BCUT2D eigenvalue weighted by atomic mass is 10.1. The van der Waals surface area contributed by atoms with E-state index in [4.69, 9.17) is 10.8 Å². The molecule has 28 heavy (non-hydrogen) atoms. The first kappa shape index (κ1) is 20.8. The molecule has 0 spiro atoms. The molecule has 0 aliphatic rings. The fourth-order valence-electron chi connectivity index (χ4n) is 2.15. The minimum absolute atomic E-state index is 0.0499. The van der Waals surface area contributed by atoms with E-state index in [1.165, 1.54) is 16.2 Å². The van der Waals surface area contributed by atoms with Crippen molar-refractivity contribution in [1.29, 1.82) is 0 Å². The summed E-state index contributed by atoms with van der Waals surface area (Å²) in [5.41, 5.74) is 7.17. The van der Waals surface area contributed by atoms with Crippen molar-refractivity contribution in [3.05, 3.63) is 59.1 Å². The quantitative estimate of drug-likeness (QED) is 0.621. The predicted molar refractivity (Wildman–Crippen MR) is 109 cm³/mol. The van der Waals surface area contributed by atoms with Crippen LogP contribution in [0.1, 0.15) is 15.4 Å². The Morgan fingerprint density at radius 3 is 2.46 bits per heavy atom. The lowest BCUT2D eigenvalue weighted by molar-refractivity contribution is -0.136. The Morgan fingerprint density at radius 2 is 1.86 bits per heavy atom. The number of rotatable bonds is 4. The summed E-state index contributed by atoms with van der Waals surface area (Å²) in [7, 11) is 3.27. The van der Waals surface area contributed by atoms with E-state index in [0.717, 1.165) is 10.2 Å². The molecule has 0 radical (unpaired) electrons. The number of nitrogens with zero attached hydrogens (tertiary/aromatic N) is 2. The maximum atomic E-state index is 11.3. The number of anilines is 1. The molecule has 0 saturated carbocycles. The molecule has 3 amide bonds. The number of hydrogen-bond acceptors (Lipinski definition) is 5. The highest BCUT2D eigenvalue weighted by molar-refractivity contribution is 7.20. The van der Waals surface area contributed by atoms with Crippen LogP contribution in [0.4, 0.5) is 10.5 Å². The van der Waals surface area contributed by atoms with Gasteiger partial charge in [-0.3, -0.25) is 9.59 Å². The number of thiazole rings is 1. The highest BCUT2D eigenvalue weighted by atomic mass is 32.1. The highest BCUT2D eigenvalue weighted by Crippen LogP contribution is 2.20. The van der Waals surface area contributed by atoms with E-state index in [2.05, 4.69) is 10.3 Å². The Bertz CT molecular complexity index is 967. The number of carbonyl (C=O) groups excluding carboxylic acids is 2. The van der Waals surface area contributed by atoms with E-state index in [9.17, 15) is 14.4 Å². The highest BCUT2D eigenvalue weighted by Gasteiger charge is 2.07. The monoisotopic (exact) mass is 400 g/mol. The third-order valence-electron chi connectivity index (χ3n) is 3.44. The zero-order valence-corrected chi connectivity index (χ0v) is 16.2. The maximum Gasteiger partial charge on any atom is 0.321 e. The number of carboxylic acid groups (broad SMARTS) is 1. The van der Waals surface area contributed by atoms with Crippen molar-refractivity contribution in [3.63, 3.8) is 0 Å². The Kier molecular flexibility index (Phi) is 7.05. The summed E-state index contributed by atoms with van der Waals surface area (Å²) in [6.45, 7) is 0. The zero-order valence-electron chi connectivity index (χ0n) is 15.4. The summed E-state index contributed by atoms with van der Waals surface area (Å²) in [4.78, 5) is 38.1. The fourth-order valence-corrected chi connectivity index (χ4v) is 2.96. The van der Waals surface area contributed by atoms with E-state index < -0.39 is 11.9 Å². The van der Waals surface area contributed by atoms with E-state index >= 15 is 0 Å². The molecule has 3 aromatic rings. The number of aliphatic carboxylic acids is 1. The van der Waals surface area contributed by atoms with Crippen LogP contribution in [-0.2, 0) is 11.2 Å². The Morgan fingerprint density at radius 1 is 1.14 bits per heavy atom. The Labute approximate surface area is 165 Å². The van der Waals surface area contributed by atoms with Crippen molar-refractivity contribution in [2.45, 2.75) is 6.42 Å². The topological polar surface area (TPSA) is 126 Å². The van der Waals surface area contributed by atoms with Crippen LogP contribution in [0, 0.1) is 0 Å². The molecule has 0 bridgehead atoms. The molecule has 9 heteroatoms. The molecule has 0 aliphatic carbocycles. The molecule has 0 fully saturated rings. The summed E-state index contributed by atoms with van der Waals surface area (Å²) in [6, 6.07) is 14.1. The molecule has 0 atom stereocenters. The first-order valence-electron chi connectivity index (χ1n) is 8.20. The SMILES string of the molecule is CN(C)C(=O)Nc1cccc(CC(=O)O)c1.NC(=O)c1nc2ccccc2s1. The van der Waals surface area contributed by atoms with Gasteiger partial charge >= 0.3 is 12.0 Å². The Balaban J connectivity index is 0.000000207. The molecular weight excluding hydrogens is 380 g/mol. The smallest absolute Gasteiger partial charge is 0.321 e. The van der Waals surface area contributed by atoms with Gasteiger partial charge < -0.3 is 21.1 Å². The second-order valence-corrected chi connectivity index (χ2v) is 6.98. The molecular formula is C19H20N4O4S. The largest absolute Gasteiger partial charge is 0.481 e. The number of primary amides is 1. The summed E-state index contributed by atoms with van der Waals surface area (Å²) < 4.78 is 0.992. The average molecular weight is 400 g/mol. The van der Waals surface area contributed by atoms with Crippen LogP contribution in [0.3, 0.4) is 0 Å². The standard InChI is InChI=1S/C11H14N2O3.C8H6N2OS/c1-13(2)11(16)12-9-5-3-4-8(6-9)7-10(14)15;9-7(11)8-10-5-3-1-2-4-6(5)12-8/h3-6H,7H2,1-2H3,(H,12,16)(H,14,15);1-4H,(H2,9,11). The van der Waals surface area contributed by atoms with E-state index in [-0.39, 0.29) is 12.5 Å². The lowest BCUT2D eigenvalue weighted by Crippen LogP contribution is -2.27. The fraction of sp³-hybridized carbons (Fsp3) is 0.158. The van der Waals surface area contributed by atoms with Crippen LogP contribution in [0.25, 0.3) is 10.2 Å². The summed E-state index contributed by atoms with van der Waals surface area (Å²) in [5, 5.41) is 11.7. The van der Waals surface area contributed by atoms with E-state index in [0.29, 0.717) is 16.3 Å². The van der Waals surface area contributed by atoms with Crippen LogP contribution >= 0.6 is 11.3 Å². The van der Waals surface area contributed by atoms with Crippen LogP contribution in [0.15, 0.2) is 48.5 Å². The number of nitrogens with one attached hydrogen (secondary N) is 1. The molecule has 0 aliphatic heterocycles. The Hall–Kier alpha value is -3.46. The molecule has 1 aromatic heterocycles. The second-order valence-electron chi connectivity index (χ2n) is 5.95. The number of carboxylic acids is 1. The molecule has 0 unspecified atom stereocenters. The van der Waals surface area contributed by atoms with Gasteiger partial charge in [0, 0.05) is 19.8 Å². The van der Waals surface area contributed by atoms with E-state index in [1.54, 1.807) is 38.4 Å². The minimum atomic E-state index is -0.893. The number of para-hydroxylation sites is 1. The van der Waals surface area contributed by atoms with Crippen LogP contribution in [-0.4, -0.2) is 47.0 Å². The van der Waals surface area contributed by atoms with Gasteiger partial charge in [-0.15, -0.1) is 11.3 Å². The summed E-state index contributed by atoms with van der Waals surface area (Å²) >= 11 is 1.32. The predicted octanol–water partition coefficient (Wildman–Crippen LogP) is 2.80. The number of nitrogens with two attached hydrogens (primary N) is 1. The molecule has 3 rings (SSSR count). The normalized spacial score (nSPS) is 9.93. The van der Waals surface area contributed by atoms with Crippen molar-refractivity contribution in [3.8, 4) is 0 Å². The number of aromatic nitrogens is 1. The lowest BCUT2D eigenvalue weighted by Gasteiger charge is -2.12. The molecule has 2 aromatic carbocycles. The second kappa shape index (κ2) is 9.47. The zero-order chi connectivity index (χ0) is 20.7. The average Bonchev–Trinajstić information content (AvgIpc) is 3.06. The first-order valence-corrected chi connectivity index (χ1v) is 9.02. The molecule has 4 N–H and O–H groups in total. The van der Waals surface area contributed by atoms with Crippen molar-refractivity contribution < 1.29 is 19.5 Å². The van der Waals surface area contributed by atoms with Gasteiger partial charge in [-0.1, -0.05) is 24.3 Å². The third-order valence-corrected chi connectivity index (χ3v) is 4.50. The van der Waals surface area contributed by atoms with E-state index in [1.807, 2.05) is 24.3 Å². The summed E-state index contributed by atoms with van der Waals surface area (Å²) in [5.74, 6) is -1.35. The van der Waals surface area contributed by atoms with Crippen molar-refractivity contribution >= 4 is 45.1 Å². The van der Waals surface area contributed by atoms with Crippen LogP contribution < -0.4 is 11.1 Å². The number of hydrogen-bond donors (Lipinski definition) is 3. The molecule has 0 saturated heterocycles. The summed E-state index contributed by atoms with van der Waals surface area (Å²) in [6.07, 6.45) is -0.0499. The van der Waals surface area contributed by atoms with Gasteiger partial charge in [-0.2, -0.15) is 0 Å². The molecule has 146 valence electrons. The maximum absolute atomic E-state index is 11.3. The number of carbonyl (C=O) groups is 3. The first-order chi connectivity index (χ1) is 13.3. The number of fused-ring (bicyclic) bond motifs is 1.